The lowest BCUT2D eigenvalue weighted by molar-refractivity contribution is 0.167. The minimum Gasteiger partial charge on any atom is -0.319 e. The van der Waals surface area contributed by atoms with Crippen molar-refractivity contribution in [2.45, 2.75) is 26.7 Å². The lowest BCUT2D eigenvalue weighted by Gasteiger charge is -2.32. The smallest absolute Gasteiger partial charge is 0.000439 e. The maximum Gasteiger partial charge on any atom is 0.000439 e. The zero-order valence-electron chi connectivity index (χ0n) is 9.34. The molecular formula is C11H24N2. The monoisotopic (exact) mass is 184 g/mol. The summed E-state index contributed by atoms with van der Waals surface area (Å²) in [5.74, 6) is 1.74. The predicted molar refractivity (Wildman–Crippen MR) is 57.9 cm³/mol. The predicted octanol–water partition coefficient (Wildman–Crippen LogP) is 1.57. The number of hydrogen-bond donors (Lipinski definition) is 1. The van der Waals surface area contributed by atoms with E-state index in [-0.39, 0.29) is 0 Å². The van der Waals surface area contributed by atoms with E-state index in [2.05, 4.69) is 31.1 Å². The Bertz CT molecular complexity index is 126. The van der Waals surface area contributed by atoms with Crippen molar-refractivity contribution in [2.24, 2.45) is 11.8 Å². The van der Waals surface area contributed by atoms with Gasteiger partial charge in [0.2, 0.25) is 0 Å². The van der Waals surface area contributed by atoms with Crippen LogP contribution in [-0.2, 0) is 0 Å². The van der Waals surface area contributed by atoms with Crippen molar-refractivity contribution >= 4 is 0 Å². The summed E-state index contributed by atoms with van der Waals surface area (Å²) in [4.78, 5) is 2.61. The van der Waals surface area contributed by atoms with Gasteiger partial charge < -0.3 is 10.2 Å². The minimum absolute atomic E-state index is 0.820. The lowest BCUT2D eigenvalue weighted by Crippen LogP contribution is -2.38. The van der Waals surface area contributed by atoms with E-state index in [4.69, 9.17) is 0 Å². The number of likely N-dealkylation sites (tertiary alicyclic amines) is 1. The van der Waals surface area contributed by atoms with Crippen LogP contribution in [0, 0.1) is 11.8 Å². The molecule has 0 spiro atoms. The summed E-state index contributed by atoms with van der Waals surface area (Å²) in [6.45, 7) is 9.72. The van der Waals surface area contributed by atoms with Crippen molar-refractivity contribution < 1.29 is 0 Å². The van der Waals surface area contributed by atoms with E-state index in [1.807, 2.05) is 0 Å². The molecule has 0 amide bonds. The SMILES string of the molecule is CNCC1CCN(CC(C)C)CC1. The Balaban J connectivity index is 2.15. The number of piperidine rings is 1. The lowest BCUT2D eigenvalue weighted by atomic mass is 9.96. The van der Waals surface area contributed by atoms with Crippen molar-refractivity contribution in [3.8, 4) is 0 Å². The molecule has 0 aromatic rings. The van der Waals surface area contributed by atoms with E-state index in [1.165, 1.54) is 39.0 Å². The fourth-order valence-corrected chi connectivity index (χ4v) is 2.18. The molecule has 2 nitrogen and oxygen atoms in total. The Kier molecular flexibility index (Phi) is 4.74. The molecule has 1 fully saturated rings. The second-order valence-corrected chi connectivity index (χ2v) is 4.70. The summed E-state index contributed by atoms with van der Waals surface area (Å²) in [5, 5.41) is 3.27. The number of nitrogens with one attached hydrogen (secondary N) is 1. The van der Waals surface area contributed by atoms with Crippen LogP contribution in [0.15, 0.2) is 0 Å². The molecule has 0 atom stereocenters. The summed E-state index contributed by atoms with van der Waals surface area (Å²) in [6.07, 6.45) is 2.76. The van der Waals surface area contributed by atoms with Crippen LogP contribution in [0.2, 0.25) is 0 Å². The van der Waals surface area contributed by atoms with Crippen molar-refractivity contribution in [1.82, 2.24) is 10.2 Å². The van der Waals surface area contributed by atoms with Gasteiger partial charge in [-0.1, -0.05) is 13.8 Å². The molecule has 0 radical (unpaired) electrons. The van der Waals surface area contributed by atoms with E-state index in [9.17, 15) is 0 Å². The van der Waals surface area contributed by atoms with Gasteiger partial charge in [0.1, 0.15) is 0 Å². The summed E-state index contributed by atoms with van der Waals surface area (Å²) in [6, 6.07) is 0. The number of nitrogens with zero attached hydrogens (tertiary/aromatic N) is 1. The number of rotatable bonds is 4. The Morgan fingerprint density at radius 3 is 2.38 bits per heavy atom. The topological polar surface area (TPSA) is 15.3 Å². The third-order valence-corrected chi connectivity index (χ3v) is 2.82. The molecule has 0 aliphatic carbocycles. The maximum absolute atomic E-state index is 3.27. The van der Waals surface area contributed by atoms with Gasteiger partial charge in [0.25, 0.3) is 0 Å². The fourth-order valence-electron chi connectivity index (χ4n) is 2.18. The Hall–Kier alpha value is -0.0800. The first-order valence-electron chi connectivity index (χ1n) is 5.59. The molecule has 1 rings (SSSR count). The summed E-state index contributed by atoms with van der Waals surface area (Å²) < 4.78 is 0. The summed E-state index contributed by atoms with van der Waals surface area (Å²) in [7, 11) is 2.06. The first-order valence-corrected chi connectivity index (χ1v) is 5.59. The van der Waals surface area contributed by atoms with Gasteiger partial charge in [0, 0.05) is 6.54 Å². The molecule has 2 heteroatoms. The zero-order valence-corrected chi connectivity index (χ0v) is 9.34. The van der Waals surface area contributed by atoms with Crippen LogP contribution in [0.4, 0.5) is 0 Å². The van der Waals surface area contributed by atoms with Crippen molar-refractivity contribution in [3.63, 3.8) is 0 Å². The second kappa shape index (κ2) is 5.61. The standard InChI is InChI=1S/C11H24N2/c1-10(2)9-13-6-4-11(5-7-13)8-12-3/h10-12H,4-9H2,1-3H3. The Labute approximate surface area is 82.7 Å². The van der Waals surface area contributed by atoms with Gasteiger partial charge >= 0.3 is 0 Å². The molecule has 1 heterocycles. The highest BCUT2D eigenvalue weighted by atomic mass is 15.1. The largest absolute Gasteiger partial charge is 0.319 e. The molecular weight excluding hydrogens is 160 g/mol. The molecule has 1 aliphatic rings. The van der Waals surface area contributed by atoms with Crippen LogP contribution in [0.5, 0.6) is 0 Å². The number of hydrogen-bond acceptors (Lipinski definition) is 2. The van der Waals surface area contributed by atoms with Crippen molar-refractivity contribution in [1.29, 1.82) is 0 Å². The first-order chi connectivity index (χ1) is 6.22. The summed E-state index contributed by atoms with van der Waals surface area (Å²) in [5.41, 5.74) is 0. The van der Waals surface area contributed by atoms with Gasteiger partial charge in [0.05, 0.1) is 0 Å². The van der Waals surface area contributed by atoms with Crippen LogP contribution in [0.3, 0.4) is 0 Å². The Morgan fingerprint density at radius 1 is 1.31 bits per heavy atom. The van der Waals surface area contributed by atoms with E-state index < -0.39 is 0 Å². The molecule has 0 bridgehead atoms. The van der Waals surface area contributed by atoms with Crippen LogP contribution >= 0.6 is 0 Å². The molecule has 1 saturated heterocycles. The van der Waals surface area contributed by atoms with Gasteiger partial charge in [-0.2, -0.15) is 0 Å². The first kappa shape index (κ1) is 11.0. The Morgan fingerprint density at radius 2 is 1.92 bits per heavy atom. The molecule has 0 aromatic carbocycles. The van der Waals surface area contributed by atoms with Crippen LogP contribution < -0.4 is 5.32 Å². The van der Waals surface area contributed by atoms with E-state index >= 15 is 0 Å². The molecule has 78 valence electrons. The van der Waals surface area contributed by atoms with Crippen LogP contribution in [0.25, 0.3) is 0 Å². The molecule has 0 saturated carbocycles. The molecule has 1 aliphatic heterocycles. The third-order valence-electron chi connectivity index (χ3n) is 2.82. The average molecular weight is 184 g/mol. The zero-order chi connectivity index (χ0) is 9.68. The van der Waals surface area contributed by atoms with E-state index in [0.29, 0.717) is 0 Å². The molecule has 1 N–H and O–H groups in total. The van der Waals surface area contributed by atoms with E-state index in [1.54, 1.807) is 0 Å². The molecule has 0 aromatic heterocycles. The highest BCUT2D eigenvalue weighted by Gasteiger charge is 2.18. The van der Waals surface area contributed by atoms with Gasteiger partial charge in [-0.15, -0.1) is 0 Å². The molecule has 0 unspecified atom stereocenters. The van der Waals surface area contributed by atoms with Gasteiger partial charge in [-0.25, -0.2) is 0 Å². The average Bonchev–Trinajstić information content (AvgIpc) is 2.08. The van der Waals surface area contributed by atoms with Gasteiger partial charge in [0.15, 0.2) is 0 Å². The fraction of sp³-hybridized carbons (Fsp3) is 1.00. The third kappa shape index (κ3) is 4.10. The van der Waals surface area contributed by atoms with Gasteiger partial charge in [-0.05, 0) is 51.4 Å². The second-order valence-electron chi connectivity index (χ2n) is 4.70. The minimum atomic E-state index is 0.820. The van der Waals surface area contributed by atoms with Gasteiger partial charge in [-0.3, -0.25) is 0 Å². The van der Waals surface area contributed by atoms with Crippen LogP contribution in [-0.4, -0.2) is 38.1 Å². The normalized spacial score (nSPS) is 21.2. The highest BCUT2D eigenvalue weighted by molar-refractivity contribution is 4.73. The summed E-state index contributed by atoms with van der Waals surface area (Å²) >= 11 is 0. The van der Waals surface area contributed by atoms with Crippen molar-refractivity contribution in [2.75, 3.05) is 33.2 Å². The van der Waals surface area contributed by atoms with Crippen LogP contribution in [0.1, 0.15) is 26.7 Å². The molecule has 13 heavy (non-hydrogen) atoms. The van der Waals surface area contributed by atoms with Crippen molar-refractivity contribution in [3.05, 3.63) is 0 Å². The highest BCUT2D eigenvalue weighted by Crippen LogP contribution is 2.16. The quantitative estimate of drug-likeness (QED) is 0.713. The van der Waals surface area contributed by atoms with E-state index in [0.717, 1.165) is 11.8 Å². The maximum atomic E-state index is 3.27.